The SMILES string of the molecule is CCCn1ncc(Cl)c1C(O)c1ccc(N(C)C)cc1. The number of hydrogen-bond donors (Lipinski definition) is 1. The van der Waals surface area contributed by atoms with E-state index in [1.54, 1.807) is 10.9 Å². The van der Waals surface area contributed by atoms with E-state index in [2.05, 4.69) is 12.0 Å². The topological polar surface area (TPSA) is 41.3 Å². The summed E-state index contributed by atoms with van der Waals surface area (Å²) in [5.74, 6) is 0. The fourth-order valence-electron chi connectivity index (χ4n) is 2.15. The molecule has 5 heteroatoms. The maximum absolute atomic E-state index is 10.5. The summed E-state index contributed by atoms with van der Waals surface area (Å²) in [6.45, 7) is 2.81. The lowest BCUT2D eigenvalue weighted by atomic mass is 10.1. The van der Waals surface area contributed by atoms with Crippen molar-refractivity contribution in [2.45, 2.75) is 26.0 Å². The minimum Gasteiger partial charge on any atom is -0.382 e. The number of hydrogen-bond acceptors (Lipinski definition) is 3. The van der Waals surface area contributed by atoms with Gasteiger partial charge in [0.2, 0.25) is 0 Å². The van der Waals surface area contributed by atoms with Crippen molar-refractivity contribution in [1.82, 2.24) is 9.78 Å². The first-order chi connectivity index (χ1) is 9.54. The summed E-state index contributed by atoms with van der Waals surface area (Å²) in [4.78, 5) is 2.02. The molecule has 108 valence electrons. The minimum atomic E-state index is -0.757. The molecule has 0 saturated heterocycles. The lowest BCUT2D eigenvalue weighted by molar-refractivity contribution is 0.207. The Morgan fingerprint density at radius 1 is 1.30 bits per heavy atom. The van der Waals surface area contributed by atoms with Crippen molar-refractivity contribution in [3.8, 4) is 0 Å². The summed E-state index contributed by atoms with van der Waals surface area (Å²) in [6.07, 6.45) is 1.77. The quantitative estimate of drug-likeness (QED) is 0.921. The molecule has 20 heavy (non-hydrogen) atoms. The van der Waals surface area contributed by atoms with Crippen LogP contribution in [0.1, 0.15) is 30.7 Å². The maximum atomic E-state index is 10.5. The third-order valence-electron chi connectivity index (χ3n) is 3.25. The van der Waals surface area contributed by atoms with Gasteiger partial charge in [-0.15, -0.1) is 0 Å². The van der Waals surface area contributed by atoms with E-state index in [-0.39, 0.29) is 0 Å². The van der Waals surface area contributed by atoms with Crippen LogP contribution in [0.25, 0.3) is 0 Å². The standard InChI is InChI=1S/C15H20ClN3O/c1-4-9-19-14(13(16)10-17-19)15(20)11-5-7-12(8-6-11)18(2)3/h5-8,10,15,20H,4,9H2,1-3H3. The van der Waals surface area contributed by atoms with Gasteiger partial charge in [-0.2, -0.15) is 5.10 Å². The van der Waals surface area contributed by atoms with Crippen molar-refractivity contribution in [2.75, 3.05) is 19.0 Å². The van der Waals surface area contributed by atoms with Crippen LogP contribution in [0.15, 0.2) is 30.5 Å². The minimum absolute atomic E-state index is 0.502. The molecule has 0 amide bonds. The molecule has 0 bridgehead atoms. The number of aryl methyl sites for hydroxylation is 1. The Bertz CT molecular complexity index is 563. The van der Waals surface area contributed by atoms with Gasteiger partial charge in [-0.1, -0.05) is 30.7 Å². The molecule has 1 N–H and O–H groups in total. The van der Waals surface area contributed by atoms with Crippen LogP contribution in [0.2, 0.25) is 5.02 Å². The van der Waals surface area contributed by atoms with E-state index in [1.807, 2.05) is 43.3 Å². The lowest BCUT2D eigenvalue weighted by Crippen LogP contribution is -2.11. The van der Waals surface area contributed by atoms with Crippen LogP contribution in [0.3, 0.4) is 0 Å². The van der Waals surface area contributed by atoms with Crippen molar-refractivity contribution >= 4 is 17.3 Å². The molecule has 0 aliphatic carbocycles. The number of aliphatic hydroxyl groups is 1. The fraction of sp³-hybridized carbons (Fsp3) is 0.400. The number of halogens is 1. The van der Waals surface area contributed by atoms with Crippen LogP contribution in [-0.4, -0.2) is 29.0 Å². The van der Waals surface area contributed by atoms with Gasteiger partial charge >= 0.3 is 0 Å². The highest BCUT2D eigenvalue weighted by molar-refractivity contribution is 6.31. The molecular weight excluding hydrogens is 274 g/mol. The number of rotatable bonds is 5. The molecule has 0 aliphatic rings. The van der Waals surface area contributed by atoms with Crippen molar-refractivity contribution in [2.24, 2.45) is 0 Å². The van der Waals surface area contributed by atoms with E-state index >= 15 is 0 Å². The number of nitrogens with zero attached hydrogens (tertiary/aromatic N) is 3. The normalized spacial score (nSPS) is 12.4. The monoisotopic (exact) mass is 293 g/mol. The Kier molecular flexibility index (Phi) is 4.68. The van der Waals surface area contributed by atoms with Gasteiger partial charge in [0.15, 0.2) is 0 Å². The Balaban J connectivity index is 2.31. The second kappa shape index (κ2) is 6.29. The van der Waals surface area contributed by atoms with E-state index in [4.69, 9.17) is 11.6 Å². The van der Waals surface area contributed by atoms with Crippen LogP contribution in [0.5, 0.6) is 0 Å². The molecule has 0 spiro atoms. The first kappa shape index (κ1) is 14.9. The predicted molar refractivity (Wildman–Crippen MR) is 82.4 cm³/mol. The third kappa shape index (κ3) is 2.97. The summed E-state index contributed by atoms with van der Waals surface area (Å²) in [5, 5.41) is 15.3. The van der Waals surface area contributed by atoms with E-state index in [9.17, 15) is 5.11 Å². The van der Waals surface area contributed by atoms with Crippen LogP contribution in [0, 0.1) is 0 Å². The highest BCUT2D eigenvalue weighted by Gasteiger charge is 2.19. The molecule has 0 radical (unpaired) electrons. The first-order valence-electron chi connectivity index (χ1n) is 6.71. The van der Waals surface area contributed by atoms with E-state index < -0.39 is 6.10 Å². The average molecular weight is 294 g/mol. The highest BCUT2D eigenvalue weighted by Crippen LogP contribution is 2.29. The van der Waals surface area contributed by atoms with Gasteiger partial charge in [-0.3, -0.25) is 4.68 Å². The van der Waals surface area contributed by atoms with Crippen molar-refractivity contribution in [3.05, 3.63) is 46.7 Å². The number of aliphatic hydroxyl groups excluding tert-OH is 1. The zero-order valence-corrected chi connectivity index (χ0v) is 12.8. The zero-order valence-electron chi connectivity index (χ0n) is 12.0. The van der Waals surface area contributed by atoms with Crippen molar-refractivity contribution in [3.63, 3.8) is 0 Å². The second-order valence-corrected chi connectivity index (χ2v) is 5.40. The molecule has 1 aromatic heterocycles. The van der Waals surface area contributed by atoms with E-state index in [0.717, 1.165) is 24.2 Å². The van der Waals surface area contributed by atoms with E-state index in [0.29, 0.717) is 10.7 Å². The van der Waals surface area contributed by atoms with Crippen molar-refractivity contribution in [1.29, 1.82) is 0 Å². The largest absolute Gasteiger partial charge is 0.382 e. The molecular formula is C15H20ClN3O. The maximum Gasteiger partial charge on any atom is 0.122 e. The van der Waals surface area contributed by atoms with Gasteiger partial charge in [0, 0.05) is 26.3 Å². The Morgan fingerprint density at radius 3 is 2.50 bits per heavy atom. The Hall–Kier alpha value is -1.52. The predicted octanol–water partition coefficient (Wildman–Crippen LogP) is 3.09. The van der Waals surface area contributed by atoms with Gasteiger partial charge in [-0.25, -0.2) is 0 Å². The Morgan fingerprint density at radius 2 is 1.95 bits per heavy atom. The lowest BCUT2D eigenvalue weighted by Gasteiger charge is -2.16. The first-order valence-corrected chi connectivity index (χ1v) is 7.09. The van der Waals surface area contributed by atoms with Crippen LogP contribution >= 0.6 is 11.6 Å². The van der Waals surface area contributed by atoms with Gasteiger partial charge in [-0.05, 0) is 24.1 Å². The van der Waals surface area contributed by atoms with Crippen molar-refractivity contribution < 1.29 is 5.11 Å². The summed E-state index contributed by atoms with van der Waals surface area (Å²) < 4.78 is 1.77. The molecule has 1 heterocycles. The summed E-state index contributed by atoms with van der Waals surface area (Å²) in [7, 11) is 3.97. The second-order valence-electron chi connectivity index (χ2n) is 4.99. The number of benzene rings is 1. The van der Waals surface area contributed by atoms with Gasteiger partial charge in [0.05, 0.1) is 16.9 Å². The molecule has 4 nitrogen and oxygen atoms in total. The highest BCUT2D eigenvalue weighted by atomic mass is 35.5. The number of anilines is 1. The molecule has 1 aromatic carbocycles. The fourth-order valence-corrected chi connectivity index (χ4v) is 2.39. The summed E-state index contributed by atoms with van der Waals surface area (Å²) in [6, 6.07) is 7.79. The van der Waals surface area contributed by atoms with Gasteiger partial charge in [0.25, 0.3) is 0 Å². The van der Waals surface area contributed by atoms with Crippen LogP contribution in [0.4, 0.5) is 5.69 Å². The molecule has 2 rings (SSSR count). The molecule has 0 saturated carbocycles. The third-order valence-corrected chi connectivity index (χ3v) is 3.54. The summed E-state index contributed by atoms with van der Waals surface area (Å²) in [5.41, 5.74) is 2.57. The van der Waals surface area contributed by atoms with Crippen LogP contribution in [-0.2, 0) is 6.54 Å². The molecule has 1 atom stereocenters. The smallest absolute Gasteiger partial charge is 0.122 e. The summed E-state index contributed by atoms with van der Waals surface area (Å²) >= 11 is 6.16. The van der Waals surface area contributed by atoms with E-state index in [1.165, 1.54) is 0 Å². The Labute approximate surface area is 124 Å². The van der Waals surface area contributed by atoms with Gasteiger partial charge in [0.1, 0.15) is 6.10 Å². The van der Waals surface area contributed by atoms with Gasteiger partial charge < -0.3 is 10.0 Å². The molecule has 0 fully saturated rings. The molecule has 1 unspecified atom stereocenters. The average Bonchev–Trinajstić information content (AvgIpc) is 2.79. The van der Waals surface area contributed by atoms with Crippen LogP contribution < -0.4 is 4.90 Å². The molecule has 0 aliphatic heterocycles. The number of aromatic nitrogens is 2. The molecule has 2 aromatic rings. The zero-order chi connectivity index (χ0) is 14.7.